The van der Waals surface area contributed by atoms with Crippen LogP contribution in [0.3, 0.4) is 0 Å². The number of aromatic nitrogens is 2. The second-order valence-corrected chi connectivity index (χ2v) is 6.97. The molecular weight excluding hydrogens is 296 g/mol. The van der Waals surface area contributed by atoms with Gasteiger partial charge in [0.05, 0.1) is 12.0 Å². The Kier molecular flexibility index (Phi) is 4.68. The molecule has 2 aliphatic rings. The Hall–Kier alpha value is -1.47. The molecule has 0 radical (unpaired) electrons. The zero-order valence-corrected chi connectivity index (χ0v) is 14.2. The fraction of sp³-hybridized carbons (Fsp3) is 0.812. The molecule has 1 amide bonds. The van der Waals surface area contributed by atoms with E-state index in [2.05, 4.69) is 28.9 Å². The molecule has 1 atom stereocenters. The number of methoxy groups -OCH3 is 1. The first-order chi connectivity index (χ1) is 11.0. The van der Waals surface area contributed by atoms with Crippen LogP contribution in [0, 0.1) is 5.41 Å². The van der Waals surface area contributed by atoms with E-state index in [1.165, 1.54) is 0 Å². The first kappa shape index (κ1) is 16.4. The first-order valence-electron chi connectivity index (χ1n) is 8.38. The highest BCUT2D eigenvalue weighted by atomic mass is 16.5. The van der Waals surface area contributed by atoms with Gasteiger partial charge in [-0.3, -0.25) is 9.69 Å². The second kappa shape index (κ2) is 6.57. The van der Waals surface area contributed by atoms with Gasteiger partial charge in [0.25, 0.3) is 0 Å². The monoisotopic (exact) mass is 322 g/mol. The minimum atomic E-state index is -0.210. The maximum Gasteiger partial charge on any atom is 0.240 e. The molecule has 1 aromatic heterocycles. The van der Waals surface area contributed by atoms with Crippen LogP contribution in [0.2, 0.25) is 0 Å². The van der Waals surface area contributed by atoms with Crippen molar-refractivity contribution in [2.45, 2.75) is 52.3 Å². The number of hydrogen-bond acceptors (Lipinski definition) is 6. The zero-order valence-electron chi connectivity index (χ0n) is 14.2. The number of hydrogen-bond donors (Lipinski definition) is 0. The van der Waals surface area contributed by atoms with Gasteiger partial charge in [-0.2, -0.15) is 4.98 Å². The number of rotatable bonds is 5. The predicted molar refractivity (Wildman–Crippen MR) is 83.4 cm³/mol. The Balaban J connectivity index is 1.64. The van der Waals surface area contributed by atoms with E-state index >= 15 is 0 Å². The number of ether oxygens (including phenoxy) is 1. The van der Waals surface area contributed by atoms with Gasteiger partial charge in [0.1, 0.15) is 6.61 Å². The number of nitrogens with zero attached hydrogens (tertiary/aromatic N) is 4. The molecule has 23 heavy (non-hydrogen) atoms. The van der Waals surface area contributed by atoms with Gasteiger partial charge in [-0.1, -0.05) is 5.16 Å². The lowest BCUT2D eigenvalue weighted by Gasteiger charge is -2.41. The van der Waals surface area contributed by atoms with Crippen LogP contribution in [0.4, 0.5) is 0 Å². The zero-order chi connectivity index (χ0) is 16.4. The maximum absolute atomic E-state index is 12.9. The van der Waals surface area contributed by atoms with Crippen LogP contribution in [-0.2, 0) is 22.7 Å². The third-order valence-electron chi connectivity index (χ3n) is 4.97. The van der Waals surface area contributed by atoms with Gasteiger partial charge >= 0.3 is 0 Å². The number of carbonyl (C=O) groups is 1. The van der Waals surface area contributed by atoms with E-state index in [1.807, 2.05) is 4.90 Å². The van der Waals surface area contributed by atoms with Gasteiger partial charge in [0, 0.05) is 26.2 Å². The molecule has 2 fully saturated rings. The summed E-state index contributed by atoms with van der Waals surface area (Å²) < 4.78 is 10.3. The molecular formula is C16H26N4O3. The molecule has 3 heterocycles. The molecule has 128 valence electrons. The summed E-state index contributed by atoms with van der Waals surface area (Å²) in [6.45, 7) is 7.74. The second-order valence-electron chi connectivity index (χ2n) is 6.97. The predicted octanol–water partition coefficient (Wildman–Crippen LogP) is 1.44. The van der Waals surface area contributed by atoms with Crippen molar-refractivity contribution in [3.63, 3.8) is 0 Å². The molecule has 0 saturated carbocycles. The van der Waals surface area contributed by atoms with Crippen molar-refractivity contribution < 1.29 is 14.1 Å². The van der Waals surface area contributed by atoms with E-state index in [0.29, 0.717) is 30.8 Å². The number of carbonyl (C=O) groups excluding carboxylic acids is 1. The van der Waals surface area contributed by atoms with Gasteiger partial charge in [-0.25, -0.2) is 0 Å². The summed E-state index contributed by atoms with van der Waals surface area (Å²) in [4.78, 5) is 21.5. The lowest BCUT2D eigenvalue weighted by Crippen LogP contribution is -2.52. The Labute approximate surface area is 137 Å². The molecule has 0 bridgehead atoms. The highest BCUT2D eigenvalue weighted by Gasteiger charge is 2.48. The van der Waals surface area contributed by atoms with Gasteiger partial charge in [-0.05, 0) is 39.7 Å². The van der Waals surface area contributed by atoms with Crippen molar-refractivity contribution >= 4 is 5.91 Å². The molecule has 3 rings (SSSR count). The van der Waals surface area contributed by atoms with Gasteiger partial charge in [0.2, 0.25) is 11.8 Å². The Bertz CT molecular complexity index is 559. The van der Waals surface area contributed by atoms with E-state index < -0.39 is 0 Å². The van der Waals surface area contributed by atoms with Gasteiger partial charge < -0.3 is 14.2 Å². The van der Waals surface area contributed by atoms with Gasteiger partial charge in [0.15, 0.2) is 5.82 Å². The Morgan fingerprint density at radius 3 is 2.91 bits per heavy atom. The average Bonchev–Trinajstić information content (AvgIpc) is 3.11. The quantitative estimate of drug-likeness (QED) is 0.817. The molecule has 2 aliphatic heterocycles. The summed E-state index contributed by atoms with van der Waals surface area (Å²) in [6, 6.07) is 0.279. The highest BCUT2D eigenvalue weighted by Crippen LogP contribution is 2.40. The lowest BCUT2D eigenvalue weighted by molar-refractivity contribution is -0.147. The van der Waals surface area contributed by atoms with Crippen LogP contribution in [0.5, 0.6) is 0 Å². The standard InChI is InChI=1S/C16H26N4O3/c1-12(2)20-7-4-5-16(15(20)21)6-8-19(11-16)9-14-17-13(10-22-3)18-23-14/h12H,4-11H2,1-3H3. The first-order valence-corrected chi connectivity index (χ1v) is 8.38. The Morgan fingerprint density at radius 1 is 1.35 bits per heavy atom. The van der Waals surface area contributed by atoms with Crippen molar-refractivity contribution in [3.05, 3.63) is 11.7 Å². The molecule has 1 spiro atoms. The summed E-state index contributed by atoms with van der Waals surface area (Å²) >= 11 is 0. The van der Waals surface area contributed by atoms with Crippen molar-refractivity contribution in [1.82, 2.24) is 19.9 Å². The minimum absolute atomic E-state index is 0.210. The number of amides is 1. The molecule has 2 saturated heterocycles. The van der Waals surface area contributed by atoms with Crippen molar-refractivity contribution in [1.29, 1.82) is 0 Å². The topological polar surface area (TPSA) is 71.7 Å². The summed E-state index contributed by atoms with van der Waals surface area (Å²) in [5.74, 6) is 1.49. The number of likely N-dealkylation sites (tertiary alicyclic amines) is 2. The average molecular weight is 322 g/mol. The summed E-state index contributed by atoms with van der Waals surface area (Å²) in [5, 5.41) is 3.89. The van der Waals surface area contributed by atoms with Crippen LogP contribution in [0.15, 0.2) is 4.52 Å². The van der Waals surface area contributed by atoms with E-state index in [1.54, 1.807) is 7.11 Å². The molecule has 0 aliphatic carbocycles. The van der Waals surface area contributed by atoms with E-state index in [9.17, 15) is 4.79 Å². The Morgan fingerprint density at radius 2 is 2.17 bits per heavy atom. The minimum Gasteiger partial charge on any atom is -0.377 e. The fourth-order valence-corrected chi connectivity index (χ4v) is 3.80. The van der Waals surface area contributed by atoms with Gasteiger partial charge in [-0.15, -0.1) is 0 Å². The van der Waals surface area contributed by atoms with E-state index in [0.717, 1.165) is 38.9 Å². The highest BCUT2D eigenvalue weighted by molar-refractivity contribution is 5.84. The van der Waals surface area contributed by atoms with Crippen molar-refractivity contribution in [3.8, 4) is 0 Å². The van der Waals surface area contributed by atoms with Crippen LogP contribution in [0.1, 0.15) is 44.8 Å². The lowest BCUT2D eigenvalue weighted by atomic mass is 9.78. The van der Waals surface area contributed by atoms with Crippen LogP contribution < -0.4 is 0 Å². The largest absolute Gasteiger partial charge is 0.377 e. The fourth-order valence-electron chi connectivity index (χ4n) is 3.80. The molecule has 1 unspecified atom stereocenters. The molecule has 7 nitrogen and oxygen atoms in total. The summed E-state index contributed by atoms with van der Waals surface area (Å²) in [5.41, 5.74) is -0.210. The van der Waals surface area contributed by atoms with E-state index in [-0.39, 0.29) is 11.5 Å². The summed E-state index contributed by atoms with van der Waals surface area (Å²) in [7, 11) is 1.61. The van der Waals surface area contributed by atoms with Crippen LogP contribution >= 0.6 is 0 Å². The smallest absolute Gasteiger partial charge is 0.240 e. The third kappa shape index (κ3) is 3.26. The normalized spacial score (nSPS) is 25.9. The van der Waals surface area contributed by atoms with E-state index in [4.69, 9.17) is 9.26 Å². The van der Waals surface area contributed by atoms with Crippen LogP contribution in [-0.4, -0.2) is 58.6 Å². The maximum atomic E-state index is 12.9. The van der Waals surface area contributed by atoms with Crippen molar-refractivity contribution in [2.24, 2.45) is 5.41 Å². The van der Waals surface area contributed by atoms with Crippen molar-refractivity contribution in [2.75, 3.05) is 26.7 Å². The summed E-state index contributed by atoms with van der Waals surface area (Å²) in [6.07, 6.45) is 3.01. The molecule has 7 heteroatoms. The number of piperidine rings is 1. The molecule has 1 aromatic rings. The van der Waals surface area contributed by atoms with Crippen LogP contribution in [0.25, 0.3) is 0 Å². The SMILES string of the molecule is COCc1noc(CN2CCC3(CCCN(C(C)C)C3=O)C2)n1. The molecule has 0 N–H and O–H groups in total. The molecule has 0 aromatic carbocycles. The third-order valence-corrected chi connectivity index (χ3v) is 4.97.